The van der Waals surface area contributed by atoms with E-state index in [9.17, 15) is 26.9 Å². The summed E-state index contributed by atoms with van der Waals surface area (Å²) in [4.78, 5) is 21.7. The zero-order valence-electron chi connectivity index (χ0n) is 22.0. The number of anilines is 1. The maximum absolute atomic E-state index is 13.2. The van der Waals surface area contributed by atoms with Crippen molar-refractivity contribution >= 4 is 22.3 Å². The number of nitriles is 1. The first kappa shape index (κ1) is 31.2. The number of hydrogen-bond acceptors (Lipinski definition) is 9. The Kier molecular flexibility index (Phi) is 10.2. The molecule has 218 valence electrons. The van der Waals surface area contributed by atoms with Crippen molar-refractivity contribution in [2.45, 2.75) is 48.4 Å². The van der Waals surface area contributed by atoms with Crippen LogP contribution in [-0.4, -0.2) is 66.1 Å². The third-order valence-corrected chi connectivity index (χ3v) is 7.77. The zero-order valence-corrected chi connectivity index (χ0v) is 22.8. The minimum absolute atomic E-state index is 0.0112. The second-order valence-corrected chi connectivity index (χ2v) is 10.9. The van der Waals surface area contributed by atoms with Gasteiger partial charge in [0.15, 0.2) is 0 Å². The molecule has 1 aromatic carbocycles. The summed E-state index contributed by atoms with van der Waals surface area (Å²) < 4.78 is 73.5. The summed E-state index contributed by atoms with van der Waals surface area (Å²) in [7, 11) is -0.370. The number of likely N-dealkylation sites (N-methyl/N-ethyl adjacent to an activating group) is 1. The fraction of sp³-hybridized carbons (Fsp3) is 0.346. The van der Waals surface area contributed by atoms with Crippen LogP contribution < -0.4 is 9.46 Å². The Bertz CT molecular complexity index is 1480. The average molecular weight is 593 g/mol. The van der Waals surface area contributed by atoms with Gasteiger partial charge in [0.05, 0.1) is 11.8 Å². The number of rotatable bonds is 7. The molecule has 3 atom stereocenters. The molecule has 3 aromatic rings. The number of hydrogen-bond donors (Lipinski definition) is 2. The lowest BCUT2D eigenvalue weighted by molar-refractivity contribution is -0.137. The number of aromatic nitrogens is 3. The van der Waals surface area contributed by atoms with Crippen LogP contribution in [0.4, 0.5) is 19.0 Å². The number of pyridine rings is 1. The quantitative estimate of drug-likeness (QED) is 0.385. The van der Waals surface area contributed by atoms with Gasteiger partial charge in [-0.3, -0.25) is 9.52 Å². The minimum Gasteiger partial charge on any atom is -0.483 e. The van der Waals surface area contributed by atoms with E-state index in [-0.39, 0.29) is 40.6 Å². The smallest absolute Gasteiger partial charge is 0.416 e. The molecule has 0 bridgehead atoms. The fourth-order valence-electron chi connectivity index (χ4n) is 4.52. The monoisotopic (exact) mass is 592 g/mol. The van der Waals surface area contributed by atoms with Gasteiger partial charge in [0.1, 0.15) is 34.8 Å². The maximum atomic E-state index is 13.2. The molecule has 11 nitrogen and oxygen atoms in total. The van der Waals surface area contributed by atoms with E-state index in [2.05, 4.69) is 19.7 Å². The first-order chi connectivity index (χ1) is 19.4. The molecule has 0 amide bonds. The van der Waals surface area contributed by atoms with Crippen molar-refractivity contribution in [1.29, 1.82) is 5.26 Å². The van der Waals surface area contributed by atoms with Crippen LogP contribution in [-0.2, 0) is 21.0 Å². The van der Waals surface area contributed by atoms with E-state index in [0.717, 1.165) is 12.3 Å². The Labute approximate surface area is 234 Å². The molecule has 2 heterocycles. The highest BCUT2D eigenvalue weighted by Crippen LogP contribution is 2.39. The van der Waals surface area contributed by atoms with Gasteiger partial charge in [0, 0.05) is 12.2 Å². The van der Waals surface area contributed by atoms with E-state index >= 15 is 0 Å². The number of nitrogens with one attached hydrogen (secondary N) is 1. The van der Waals surface area contributed by atoms with Gasteiger partial charge in [0.2, 0.25) is 5.88 Å². The van der Waals surface area contributed by atoms with Crippen LogP contribution in [0.3, 0.4) is 0 Å². The number of ether oxygens (including phenoxy) is 1. The van der Waals surface area contributed by atoms with Gasteiger partial charge in [-0.25, -0.2) is 23.4 Å². The zero-order chi connectivity index (χ0) is 30.2. The molecule has 1 saturated carbocycles. The second kappa shape index (κ2) is 13.4. The summed E-state index contributed by atoms with van der Waals surface area (Å²) in [6, 6.07) is 9.69. The van der Waals surface area contributed by atoms with Crippen molar-refractivity contribution in [2.24, 2.45) is 0 Å². The van der Waals surface area contributed by atoms with Crippen molar-refractivity contribution in [3.05, 3.63) is 71.8 Å². The van der Waals surface area contributed by atoms with Gasteiger partial charge >= 0.3 is 6.18 Å². The minimum atomic E-state index is -4.42. The summed E-state index contributed by atoms with van der Waals surface area (Å²) in [5, 5.41) is 16.6. The number of carbonyl (C=O) groups is 1. The number of sulfonamides is 1. The van der Waals surface area contributed by atoms with Gasteiger partial charge in [-0.1, -0.05) is 18.2 Å². The Hall–Kier alpha value is -4.29. The lowest BCUT2D eigenvalue weighted by atomic mass is 9.79. The predicted octanol–water partition coefficient (Wildman–Crippen LogP) is 3.91. The van der Waals surface area contributed by atoms with E-state index in [4.69, 9.17) is 14.6 Å². The summed E-state index contributed by atoms with van der Waals surface area (Å²) in [6.45, 7) is -0.250. The highest BCUT2D eigenvalue weighted by atomic mass is 32.2. The molecule has 15 heteroatoms. The van der Waals surface area contributed by atoms with Crippen molar-refractivity contribution in [3.63, 3.8) is 0 Å². The molecule has 1 fully saturated rings. The lowest BCUT2D eigenvalue weighted by Gasteiger charge is -2.39. The molecule has 0 spiro atoms. The molecule has 3 unspecified atom stereocenters. The Morgan fingerprint density at radius 2 is 1.93 bits per heavy atom. The highest BCUT2D eigenvalue weighted by molar-refractivity contribution is 7.92. The van der Waals surface area contributed by atoms with Crippen molar-refractivity contribution in [1.82, 2.24) is 19.9 Å². The van der Waals surface area contributed by atoms with E-state index < -0.39 is 27.9 Å². The number of alkyl halides is 3. The highest BCUT2D eigenvalue weighted by Gasteiger charge is 2.36. The second-order valence-electron chi connectivity index (χ2n) is 9.26. The topological polar surface area (TPSA) is 158 Å². The summed E-state index contributed by atoms with van der Waals surface area (Å²) in [5.41, 5.74) is -0.123. The summed E-state index contributed by atoms with van der Waals surface area (Å²) in [5.74, 6) is -0.0543. The van der Waals surface area contributed by atoms with E-state index in [1.807, 2.05) is 25.1 Å². The fourth-order valence-corrected chi connectivity index (χ4v) is 5.49. The normalized spacial score (nSPS) is 18.9. The molecular weight excluding hydrogens is 565 g/mol. The van der Waals surface area contributed by atoms with E-state index in [1.54, 1.807) is 6.07 Å². The van der Waals surface area contributed by atoms with Crippen molar-refractivity contribution < 1.29 is 36.2 Å². The molecule has 41 heavy (non-hydrogen) atoms. The molecule has 1 aliphatic carbocycles. The molecule has 2 N–H and O–H groups in total. The Balaban J connectivity index is 0.00000147. The van der Waals surface area contributed by atoms with Crippen molar-refractivity contribution in [2.75, 3.05) is 18.8 Å². The van der Waals surface area contributed by atoms with Gasteiger partial charge in [-0.2, -0.15) is 18.4 Å². The van der Waals surface area contributed by atoms with Crippen LogP contribution in [0.25, 0.3) is 0 Å². The van der Waals surface area contributed by atoms with Crippen molar-refractivity contribution in [3.8, 4) is 11.9 Å². The standard InChI is InChI=1S/C25H25F3N6O3S.CH2O2/c1-34(2)21-12-17(16-4-3-5-19(10-16)25(26,27)28)6-7-22(21)37-24-18(13-29)11-20(14-31-24)38(35,36)33-23-8-9-30-15-32-23;2-1-3/h3-5,8-11,14-15,17,21-22H,6-7,12H2,1-2H3,(H,30,32,33);1H,(H,2,3). The molecule has 0 saturated heterocycles. The average Bonchev–Trinajstić information content (AvgIpc) is 2.93. The number of halogens is 3. The van der Waals surface area contributed by atoms with Gasteiger partial charge in [-0.05, 0) is 63.0 Å². The molecule has 0 aliphatic heterocycles. The Morgan fingerprint density at radius 1 is 1.20 bits per heavy atom. The third kappa shape index (κ3) is 8.12. The largest absolute Gasteiger partial charge is 0.483 e. The number of benzene rings is 1. The predicted molar refractivity (Wildman–Crippen MR) is 140 cm³/mol. The van der Waals surface area contributed by atoms with Crippen LogP contribution in [0.15, 0.2) is 60.0 Å². The molecule has 1 aliphatic rings. The van der Waals surface area contributed by atoms with Crippen LogP contribution in [0.1, 0.15) is 41.9 Å². The molecule has 0 radical (unpaired) electrons. The first-order valence-corrected chi connectivity index (χ1v) is 13.6. The van der Waals surface area contributed by atoms with E-state index in [1.165, 1.54) is 36.8 Å². The SMILES string of the molecule is CN(C)C1CC(c2cccc(C(F)(F)F)c2)CCC1Oc1ncc(S(=O)(=O)Nc2ccncn2)cc1C#N.O=CO. The Morgan fingerprint density at radius 3 is 2.54 bits per heavy atom. The molecule has 4 rings (SSSR count). The maximum Gasteiger partial charge on any atom is 0.416 e. The van der Waals surface area contributed by atoms with E-state index in [0.29, 0.717) is 24.8 Å². The lowest BCUT2D eigenvalue weighted by Crippen LogP contribution is -2.46. The number of nitrogens with zero attached hydrogens (tertiary/aromatic N) is 5. The summed E-state index contributed by atoms with van der Waals surface area (Å²) >= 11 is 0. The van der Waals surface area contributed by atoms with Crippen LogP contribution in [0.5, 0.6) is 5.88 Å². The number of carboxylic acid groups (broad SMARTS) is 1. The molecular formula is C26H27F3N6O5S. The molecule has 2 aromatic heterocycles. The summed E-state index contributed by atoms with van der Waals surface area (Å²) in [6.07, 6.45) is 0.461. The van der Waals surface area contributed by atoms with Gasteiger partial charge in [-0.15, -0.1) is 0 Å². The van der Waals surface area contributed by atoms with Gasteiger partial charge in [0.25, 0.3) is 16.5 Å². The van der Waals surface area contributed by atoms with Crippen LogP contribution in [0.2, 0.25) is 0 Å². The van der Waals surface area contributed by atoms with Crippen LogP contribution in [0, 0.1) is 11.3 Å². The first-order valence-electron chi connectivity index (χ1n) is 12.2. The van der Waals surface area contributed by atoms with Crippen LogP contribution >= 0.6 is 0 Å². The van der Waals surface area contributed by atoms with Gasteiger partial charge < -0.3 is 14.7 Å². The third-order valence-electron chi connectivity index (χ3n) is 6.44.